The third-order valence-electron chi connectivity index (χ3n) is 3.22. The van der Waals surface area contributed by atoms with E-state index < -0.39 is 0 Å². The van der Waals surface area contributed by atoms with Crippen molar-refractivity contribution in [1.29, 1.82) is 5.26 Å². The van der Waals surface area contributed by atoms with Gasteiger partial charge in [-0.3, -0.25) is 0 Å². The predicted molar refractivity (Wildman–Crippen MR) is 73.1 cm³/mol. The topological polar surface area (TPSA) is 56.0 Å². The SMILES string of the molecule is CC(NCC(C)(C)CCO)c1ccc(C#N)cc1. The van der Waals surface area contributed by atoms with Gasteiger partial charge in [0.2, 0.25) is 0 Å². The summed E-state index contributed by atoms with van der Waals surface area (Å²) in [5, 5.41) is 21.2. The predicted octanol–water partition coefficient (Wildman–Crippen LogP) is 2.62. The van der Waals surface area contributed by atoms with Crippen LogP contribution < -0.4 is 5.32 Å². The van der Waals surface area contributed by atoms with Gasteiger partial charge in [-0.1, -0.05) is 26.0 Å². The van der Waals surface area contributed by atoms with Crippen LogP contribution in [0.5, 0.6) is 0 Å². The van der Waals surface area contributed by atoms with Crippen LogP contribution in [-0.4, -0.2) is 18.3 Å². The lowest BCUT2D eigenvalue weighted by Crippen LogP contribution is -2.32. The number of nitrogens with zero attached hydrogens (tertiary/aromatic N) is 1. The smallest absolute Gasteiger partial charge is 0.0991 e. The summed E-state index contributed by atoms with van der Waals surface area (Å²) in [6.07, 6.45) is 0.792. The number of aliphatic hydroxyl groups is 1. The van der Waals surface area contributed by atoms with Crippen LogP contribution in [0.4, 0.5) is 0 Å². The van der Waals surface area contributed by atoms with E-state index in [-0.39, 0.29) is 18.1 Å². The second-order valence-corrected chi connectivity index (χ2v) is 5.47. The van der Waals surface area contributed by atoms with E-state index >= 15 is 0 Å². The summed E-state index contributed by atoms with van der Waals surface area (Å²) in [6, 6.07) is 10.0. The Hall–Kier alpha value is -1.37. The molecule has 0 saturated heterocycles. The first-order valence-corrected chi connectivity index (χ1v) is 6.33. The zero-order valence-corrected chi connectivity index (χ0v) is 11.4. The fourth-order valence-electron chi connectivity index (χ4n) is 1.78. The number of benzene rings is 1. The Morgan fingerprint density at radius 1 is 1.33 bits per heavy atom. The van der Waals surface area contributed by atoms with E-state index in [2.05, 4.69) is 32.2 Å². The summed E-state index contributed by atoms with van der Waals surface area (Å²) < 4.78 is 0. The minimum absolute atomic E-state index is 0.0929. The molecule has 2 N–H and O–H groups in total. The molecule has 0 aliphatic rings. The number of hydrogen-bond acceptors (Lipinski definition) is 3. The fraction of sp³-hybridized carbons (Fsp3) is 0.533. The van der Waals surface area contributed by atoms with Crippen molar-refractivity contribution in [2.45, 2.75) is 33.2 Å². The summed E-state index contributed by atoms with van der Waals surface area (Å²) in [5.41, 5.74) is 1.95. The molecule has 1 atom stereocenters. The third kappa shape index (κ3) is 4.48. The van der Waals surface area contributed by atoms with Gasteiger partial charge >= 0.3 is 0 Å². The number of nitriles is 1. The van der Waals surface area contributed by atoms with Crippen molar-refractivity contribution in [3.8, 4) is 6.07 Å². The molecule has 18 heavy (non-hydrogen) atoms. The average Bonchev–Trinajstić information content (AvgIpc) is 2.36. The molecule has 1 rings (SSSR count). The van der Waals surface area contributed by atoms with E-state index in [0.717, 1.165) is 13.0 Å². The minimum Gasteiger partial charge on any atom is -0.396 e. The maximum absolute atomic E-state index is 8.98. The normalized spacial score (nSPS) is 13.1. The van der Waals surface area contributed by atoms with Gasteiger partial charge in [-0.2, -0.15) is 5.26 Å². The van der Waals surface area contributed by atoms with Gasteiger partial charge in [-0.15, -0.1) is 0 Å². The molecule has 1 aromatic carbocycles. The number of nitrogens with one attached hydrogen (secondary N) is 1. The summed E-state index contributed by atoms with van der Waals surface area (Å²) in [6.45, 7) is 7.47. The van der Waals surface area contributed by atoms with Crippen molar-refractivity contribution in [1.82, 2.24) is 5.32 Å². The molecule has 0 aliphatic heterocycles. The molecule has 3 heteroatoms. The minimum atomic E-state index is 0.0929. The Morgan fingerprint density at radius 3 is 2.44 bits per heavy atom. The molecule has 98 valence electrons. The lowest BCUT2D eigenvalue weighted by Gasteiger charge is -2.26. The number of hydrogen-bond donors (Lipinski definition) is 2. The van der Waals surface area contributed by atoms with E-state index in [1.165, 1.54) is 5.56 Å². The highest BCUT2D eigenvalue weighted by molar-refractivity contribution is 5.32. The summed E-state index contributed by atoms with van der Waals surface area (Å²) >= 11 is 0. The van der Waals surface area contributed by atoms with Gasteiger partial charge in [-0.05, 0) is 36.5 Å². The third-order valence-corrected chi connectivity index (χ3v) is 3.22. The van der Waals surface area contributed by atoms with Crippen molar-refractivity contribution in [2.75, 3.05) is 13.2 Å². The molecule has 0 saturated carbocycles. The molecule has 0 bridgehead atoms. The second kappa shape index (κ2) is 6.53. The molecule has 0 heterocycles. The van der Waals surface area contributed by atoms with Crippen LogP contribution in [0.2, 0.25) is 0 Å². The van der Waals surface area contributed by atoms with E-state index in [1.807, 2.05) is 24.3 Å². The molecular formula is C15H22N2O. The fourth-order valence-corrected chi connectivity index (χ4v) is 1.78. The number of aliphatic hydroxyl groups excluding tert-OH is 1. The summed E-state index contributed by atoms with van der Waals surface area (Å²) in [7, 11) is 0. The summed E-state index contributed by atoms with van der Waals surface area (Å²) in [5.74, 6) is 0. The Labute approximate surface area is 109 Å². The standard InChI is InChI=1S/C15H22N2O/c1-12(17-11-15(2,3)8-9-18)14-6-4-13(10-16)5-7-14/h4-7,12,17-18H,8-9,11H2,1-3H3. The maximum atomic E-state index is 8.98. The zero-order chi connectivity index (χ0) is 13.6. The number of rotatable bonds is 6. The maximum Gasteiger partial charge on any atom is 0.0991 e. The summed E-state index contributed by atoms with van der Waals surface area (Å²) in [4.78, 5) is 0. The molecule has 3 nitrogen and oxygen atoms in total. The molecular weight excluding hydrogens is 224 g/mol. The monoisotopic (exact) mass is 246 g/mol. The van der Waals surface area contributed by atoms with E-state index in [0.29, 0.717) is 5.56 Å². The molecule has 0 fully saturated rings. The molecule has 0 aromatic heterocycles. The molecule has 1 unspecified atom stereocenters. The van der Waals surface area contributed by atoms with Gasteiger partial charge in [-0.25, -0.2) is 0 Å². The lowest BCUT2D eigenvalue weighted by molar-refractivity contribution is 0.204. The first kappa shape index (κ1) is 14.7. The van der Waals surface area contributed by atoms with Gasteiger partial charge in [0.1, 0.15) is 0 Å². The highest BCUT2D eigenvalue weighted by Crippen LogP contribution is 2.20. The quantitative estimate of drug-likeness (QED) is 0.811. The molecule has 0 radical (unpaired) electrons. The van der Waals surface area contributed by atoms with Crippen LogP contribution in [0, 0.1) is 16.7 Å². The van der Waals surface area contributed by atoms with Gasteiger partial charge in [0, 0.05) is 19.2 Å². The van der Waals surface area contributed by atoms with Crippen molar-refractivity contribution >= 4 is 0 Å². The van der Waals surface area contributed by atoms with Gasteiger partial charge in [0.15, 0.2) is 0 Å². The van der Waals surface area contributed by atoms with Gasteiger partial charge < -0.3 is 10.4 Å². The largest absolute Gasteiger partial charge is 0.396 e. The average molecular weight is 246 g/mol. The molecule has 1 aromatic rings. The second-order valence-electron chi connectivity index (χ2n) is 5.47. The molecule has 0 amide bonds. The van der Waals surface area contributed by atoms with Crippen molar-refractivity contribution < 1.29 is 5.11 Å². The van der Waals surface area contributed by atoms with E-state index in [1.54, 1.807) is 0 Å². The van der Waals surface area contributed by atoms with Crippen molar-refractivity contribution in [2.24, 2.45) is 5.41 Å². The van der Waals surface area contributed by atoms with E-state index in [4.69, 9.17) is 10.4 Å². The van der Waals surface area contributed by atoms with Crippen molar-refractivity contribution in [3.05, 3.63) is 35.4 Å². The van der Waals surface area contributed by atoms with Crippen LogP contribution in [0.15, 0.2) is 24.3 Å². The van der Waals surface area contributed by atoms with Crippen LogP contribution in [0.1, 0.15) is 44.4 Å². The van der Waals surface area contributed by atoms with Crippen LogP contribution in [-0.2, 0) is 0 Å². The van der Waals surface area contributed by atoms with E-state index in [9.17, 15) is 0 Å². The van der Waals surface area contributed by atoms with Crippen molar-refractivity contribution in [3.63, 3.8) is 0 Å². The zero-order valence-electron chi connectivity index (χ0n) is 11.4. The Bertz CT molecular complexity index is 403. The highest BCUT2D eigenvalue weighted by atomic mass is 16.3. The lowest BCUT2D eigenvalue weighted by atomic mass is 9.89. The van der Waals surface area contributed by atoms with Crippen LogP contribution in [0.25, 0.3) is 0 Å². The Kier molecular flexibility index (Phi) is 5.33. The first-order valence-electron chi connectivity index (χ1n) is 6.33. The van der Waals surface area contributed by atoms with Crippen LogP contribution >= 0.6 is 0 Å². The highest BCUT2D eigenvalue weighted by Gasteiger charge is 2.18. The molecule has 0 aliphatic carbocycles. The van der Waals surface area contributed by atoms with Gasteiger partial charge in [0.25, 0.3) is 0 Å². The Morgan fingerprint density at radius 2 is 1.94 bits per heavy atom. The van der Waals surface area contributed by atoms with Crippen LogP contribution in [0.3, 0.4) is 0 Å². The Balaban J connectivity index is 2.55. The van der Waals surface area contributed by atoms with Gasteiger partial charge in [0.05, 0.1) is 11.6 Å². The first-order chi connectivity index (χ1) is 8.48. The molecule has 0 spiro atoms.